The average molecular weight is 221 g/mol. The number of hydrogen-bond acceptors (Lipinski definition) is 2. The lowest BCUT2D eigenvalue weighted by molar-refractivity contribution is 0.357. The molecule has 0 aliphatic heterocycles. The molecule has 1 fully saturated rings. The molecule has 1 aliphatic carbocycles. The van der Waals surface area contributed by atoms with Gasteiger partial charge in [-0.15, -0.1) is 0 Å². The second kappa shape index (κ2) is 5.00. The summed E-state index contributed by atoms with van der Waals surface area (Å²) in [6.07, 6.45) is 12.4. The van der Waals surface area contributed by atoms with Gasteiger partial charge in [0.25, 0.3) is 0 Å². The third-order valence-corrected chi connectivity index (χ3v) is 3.75. The molecule has 0 saturated heterocycles. The second-order valence-corrected chi connectivity index (χ2v) is 5.08. The summed E-state index contributed by atoms with van der Waals surface area (Å²) in [7, 11) is 0. The van der Waals surface area contributed by atoms with E-state index in [0.29, 0.717) is 0 Å². The smallest absolute Gasteiger partial charge is 0.110 e. The summed E-state index contributed by atoms with van der Waals surface area (Å²) < 4.78 is 2.21. The van der Waals surface area contributed by atoms with Crippen LogP contribution in [0.25, 0.3) is 0 Å². The number of nitrogens with zero attached hydrogens (tertiary/aromatic N) is 2. The summed E-state index contributed by atoms with van der Waals surface area (Å²) in [5.74, 6) is 1.16. The van der Waals surface area contributed by atoms with Crippen molar-refractivity contribution in [1.82, 2.24) is 9.55 Å². The Bertz CT molecular complexity index is 322. The summed E-state index contributed by atoms with van der Waals surface area (Å²) in [6.45, 7) is 3.15. The number of imidazole rings is 1. The Morgan fingerprint density at radius 3 is 2.62 bits per heavy atom. The van der Waals surface area contributed by atoms with E-state index in [0.717, 1.165) is 31.6 Å². The van der Waals surface area contributed by atoms with E-state index in [4.69, 9.17) is 5.73 Å². The number of hydrogen-bond donors (Lipinski definition) is 1. The average Bonchev–Trinajstić information content (AvgIpc) is 2.59. The maximum atomic E-state index is 6.52. The van der Waals surface area contributed by atoms with E-state index < -0.39 is 0 Å². The first-order valence-electron chi connectivity index (χ1n) is 6.52. The molecule has 0 radical (unpaired) electrons. The van der Waals surface area contributed by atoms with Gasteiger partial charge in [-0.1, -0.05) is 25.7 Å². The molecule has 0 bridgehead atoms. The molecule has 1 aliphatic rings. The van der Waals surface area contributed by atoms with Gasteiger partial charge in [0.15, 0.2) is 0 Å². The Morgan fingerprint density at radius 2 is 2.00 bits per heavy atom. The number of aromatic nitrogens is 2. The zero-order valence-electron chi connectivity index (χ0n) is 10.3. The monoisotopic (exact) mass is 221 g/mol. The van der Waals surface area contributed by atoms with Gasteiger partial charge in [0.1, 0.15) is 5.82 Å². The number of nitrogens with two attached hydrogens (primary N) is 1. The van der Waals surface area contributed by atoms with Gasteiger partial charge in [-0.25, -0.2) is 4.98 Å². The number of aryl methyl sites for hydroxylation is 1. The Morgan fingerprint density at radius 1 is 1.31 bits per heavy atom. The van der Waals surface area contributed by atoms with Gasteiger partial charge < -0.3 is 10.3 Å². The highest BCUT2D eigenvalue weighted by Gasteiger charge is 2.27. The van der Waals surface area contributed by atoms with E-state index in [1.807, 2.05) is 6.20 Å². The van der Waals surface area contributed by atoms with Crippen molar-refractivity contribution in [1.29, 1.82) is 0 Å². The quantitative estimate of drug-likeness (QED) is 0.797. The van der Waals surface area contributed by atoms with Crippen molar-refractivity contribution in [3.63, 3.8) is 0 Å². The lowest BCUT2D eigenvalue weighted by Crippen LogP contribution is -2.42. The van der Waals surface area contributed by atoms with E-state index >= 15 is 0 Å². The van der Waals surface area contributed by atoms with Crippen molar-refractivity contribution in [2.24, 2.45) is 5.73 Å². The highest BCUT2D eigenvalue weighted by molar-refractivity contribution is 5.01. The van der Waals surface area contributed by atoms with Crippen molar-refractivity contribution in [3.05, 3.63) is 18.2 Å². The minimum atomic E-state index is -0.00519. The molecule has 0 amide bonds. The van der Waals surface area contributed by atoms with Gasteiger partial charge in [0.2, 0.25) is 0 Å². The second-order valence-electron chi connectivity index (χ2n) is 5.08. The highest BCUT2D eigenvalue weighted by atomic mass is 15.1. The first kappa shape index (κ1) is 11.6. The first-order valence-corrected chi connectivity index (χ1v) is 6.52. The minimum absolute atomic E-state index is 0.00519. The SMILES string of the molecule is CCn1ccnc1CC1(N)CCCCCC1. The fourth-order valence-corrected chi connectivity index (χ4v) is 2.72. The minimum Gasteiger partial charge on any atom is -0.335 e. The van der Waals surface area contributed by atoms with Crippen LogP contribution in [0.1, 0.15) is 51.3 Å². The summed E-state index contributed by atoms with van der Waals surface area (Å²) in [6, 6.07) is 0. The summed E-state index contributed by atoms with van der Waals surface area (Å²) >= 11 is 0. The maximum absolute atomic E-state index is 6.52. The van der Waals surface area contributed by atoms with Crippen molar-refractivity contribution in [3.8, 4) is 0 Å². The van der Waals surface area contributed by atoms with Gasteiger partial charge in [-0.2, -0.15) is 0 Å². The Kier molecular flexibility index (Phi) is 3.64. The van der Waals surface area contributed by atoms with Crippen LogP contribution in [-0.4, -0.2) is 15.1 Å². The van der Waals surface area contributed by atoms with E-state index in [-0.39, 0.29) is 5.54 Å². The van der Waals surface area contributed by atoms with Crippen LogP contribution in [0.4, 0.5) is 0 Å². The molecule has 2 rings (SSSR count). The van der Waals surface area contributed by atoms with Gasteiger partial charge in [0, 0.05) is 30.9 Å². The Hall–Kier alpha value is -0.830. The van der Waals surface area contributed by atoms with Crippen molar-refractivity contribution < 1.29 is 0 Å². The lowest BCUT2D eigenvalue weighted by atomic mass is 9.87. The molecule has 16 heavy (non-hydrogen) atoms. The molecule has 1 heterocycles. The van der Waals surface area contributed by atoms with E-state index in [2.05, 4.69) is 22.7 Å². The molecule has 2 N–H and O–H groups in total. The summed E-state index contributed by atoms with van der Waals surface area (Å²) in [5.41, 5.74) is 6.52. The van der Waals surface area contributed by atoms with E-state index in [1.54, 1.807) is 0 Å². The van der Waals surface area contributed by atoms with Gasteiger partial charge in [-0.05, 0) is 19.8 Å². The zero-order chi connectivity index (χ0) is 11.4. The van der Waals surface area contributed by atoms with Crippen LogP contribution in [0.3, 0.4) is 0 Å². The van der Waals surface area contributed by atoms with Crippen molar-refractivity contribution in [2.75, 3.05) is 0 Å². The van der Waals surface area contributed by atoms with E-state index in [9.17, 15) is 0 Å². The van der Waals surface area contributed by atoms with Gasteiger partial charge in [-0.3, -0.25) is 0 Å². The third-order valence-electron chi connectivity index (χ3n) is 3.75. The summed E-state index contributed by atoms with van der Waals surface area (Å²) in [4.78, 5) is 4.44. The van der Waals surface area contributed by atoms with Crippen LogP contribution in [0, 0.1) is 0 Å². The molecule has 1 saturated carbocycles. The molecule has 1 aromatic rings. The molecule has 0 spiro atoms. The standard InChI is InChI=1S/C13H23N3/c1-2-16-10-9-15-12(16)11-13(14)7-5-3-4-6-8-13/h9-10H,2-8,11,14H2,1H3. The molecule has 90 valence electrons. The molecule has 0 atom stereocenters. The predicted molar refractivity (Wildman–Crippen MR) is 66.2 cm³/mol. The molecule has 3 heteroatoms. The molecule has 1 aromatic heterocycles. The van der Waals surface area contributed by atoms with Crippen LogP contribution < -0.4 is 5.73 Å². The van der Waals surface area contributed by atoms with Crippen LogP contribution in [0.2, 0.25) is 0 Å². The zero-order valence-corrected chi connectivity index (χ0v) is 10.3. The Balaban J connectivity index is 2.06. The maximum Gasteiger partial charge on any atom is 0.110 e. The highest BCUT2D eigenvalue weighted by Crippen LogP contribution is 2.27. The van der Waals surface area contributed by atoms with Crippen molar-refractivity contribution >= 4 is 0 Å². The predicted octanol–water partition coefficient (Wildman–Crippen LogP) is 2.50. The fraction of sp³-hybridized carbons (Fsp3) is 0.769. The largest absolute Gasteiger partial charge is 0.335 e. The van der Waals surface area contributed by atoms with Crippen LogP contribution in [-0.2, 0) is 13.0 Å². The van der Waals surface area contributed by atoms with Crippen LogP contribution in [0.15, 0.2) is 12.4 Å². The number of rotatable bonds is 3. The van der Waals surface area contributed by atoms with Crippen molar-refractivity contribution in [2.45, 2.75) is 64.0 Å². The lowest BCUT2D eigenvalue weighted by Gasteiger charge is -2.27. The third kappa shape index (κ3) is 2.64. The topological polar surface area (TPSA) is 43.8 Å². The van der Waals surface area contributed by atoms with Gasteiger partial charge >= 0.3 is 0 Å². The fourth-order valence-electron chi connectivity index (χ4n) is 2.72. The molecule has 0 aromatic carbocycles. The normalized spacial score (nSPS) is 20.6. The summed E-state index contributed by atoms with van der Waals surface area (Å²) in [5, 5.41) is 0. The molecule has 0 unspecified atom stereocenters. The molecule has 3 nitrogen and oxygen atoms in total. The van der Waals surface area contributed by atoms with E-state index in [1.165, 1.54) is 25.7 Å². The van der Waals surface area contributed by atoms with Gasteiger partial charge in [0.05, 0.1) is 0 Å². The molecular weight excluding hydrogens is 198 g/mol. The molecular formula is C13H23N3. The van der Waals surface area contributed by atoms with Crippen LogP contribution in [0.5, 0.6) is 0 Å². The van der Waals surface area contributed by atoms with Crippen LogP contribution >= 0.6 is 0 Å². The first-order chi connectivity index (χ1) is 7.73. The Labute approximate surface area is 98.1 Å².